The molecule has 1 N–H and O–H groups in total. The van der Waals surface area contributed by atoms with Gasteiger partial charge in [-0.1, -0.05) is 12.8 Å². The maximum atomic E-state index is 12.0. The summed E-state index contributed by atoms with van der Waals surface area (Å²) in [5.41, 5.74) is 0.644. The van der Waals surface area contributed by atoms with Gasteiger partial charge in [-0.3, -0.25) is 9.48 Å². The van der Waals surface area contributed by atoms with Crippen molar-refractivity contribution in [3.05, 3.63) is 16.4 Å². The van der Waals surface area contributed by atoms with Crippen LogP contribution in [0.3, 0.4) is 0 Å². The van der Waals surface area contributed by atoms with E-state index >= 15 is 0 Å². The molecule has 1 heterocycles. The Labute approximate surface area is 104 Å². The van der Waals surface area contributed by atoms with Crippen LogP contribution in [0.4, 0.5) is 0 Å². The van der Waals surface area contributed by atoms with Crippen LogP contribution < -0.4 is 5.32 Å². The first kappa shape index (κ1) is 11.8. The molecular weight excluding hydrogens is 270 g/mol. The quantitative estimate of drug-likeness (QED) is 0.860. The van der Waals surface area contributed by atoms with Gasteiger partial charge in [0.15, 0.2) is 5.78 Å². The van der Waals surface area contributed by atoms with Crippen molar-refractivity contribution in [3.8, 4) is 0 Å². The molecule has 0 amide bonds. The average Bonchev–Trinajstić information content (AvgIpc) is 2.86. The molecule has 1 aliphatic carbocycles. The van der Waals surface area contributed by atoms with Gasteiger partial charge in [-0.15, -0.1) is 0 Å². The Morgan fingerprint density at radius 2 is 2.31 bits per heavy atom. The first-order valence-electron chi connectivity index (χ1n) is 5.62. The summed E-state index contributed by atoms with van der Waals surface area (Å²) in [5.74, 6) is 0.0961. The van der Waals surface area contributed by atoms with Crippen molar-refractivity contribution in [1.29, 1.82) is 0 Å². The Hall–Kier alpha value is -0.680. The zero-order chi connectivity index (χ0) is 11.5. The molecule has 0 aliphatic heterocycles. The van der Waals surface area contributed by atoms with Crippen molar-refractivity contribution in [1.82, 2.24) is 15.1 Å². The minimum absolute atomic E-state index is 0.0961. The highest BCUT2D eigenvalue weighted by Crippen LogP contribution is 2.18. The molecule has 1 aliphatic rings. The van der Waals surface area contributed by atoms with Crippen LogP contribution in [0.5, 0.6) is 0 Å². The Morgan fingerprint density at radius 1 is 1.62 bits per heavy atom. The lowest BCUT2D eigenvalue weighted by Gasteiger charge is -2.10. The Bertz CT molecular complexity index is 363. The number of nitrogens with one attached hydrogen (secondary N) is 1. The second-order valence-corrected chi connectivity index (χ2v) is 5.10. The number of rotatable bonds is 4. The third-order valence-corrected chi connectivity index (χ3v) is 3.65. The maximum Gasteiger partial charge on any atom is 0.195 e. The molecule has 1 fully saturated rings. The molecule has 5 heteroatoms. The van der Waals surface area contributed by atoms with Gasteiger partial charge in [-0.05, 0) is 28.8 Å². The fourth-order valence-electron chi connectivity index (χ4n) is 2.18. The predicted molar refractivity (Wildman–Crippen MR) is 65.5 cm³/mol. The van der Waals surface area contributed by atoms with Gasteiger partial charge in [0.25, 0.3) is 0 Å². The van der Waals surface area contributed by atoms with Crippen LogP contribution in [0.1, 0.15) is 36.2 Å². The average molecular weight is 286 g/mol. The highest BCUT2D eigenvalue weighted by molar-refractivity contribution is 9.10. The lowest BCUT2D eigenvalue weighted by molar-refractivity contribution is 0.0977. The van der Waals surface area contributed by atoms with E-state index in [0.717, 1.165) is 4.47 Å². The number of ketones is 1. The summed E-state index contributed by atoms with van der Waals surface area (Å²) in [4.78, 5) is 12.0. The number of halogens is 1. The number of aromatic nitrogens is 2. The summed E-state index contributed by atoms with van der Waals surface area (Å²) in [6.07, 6.45) is 6.60. The molecule has 4 nitrogen and oxygen atoms in total. The van der Waals surface area contributed by atoms with E-state index in [9.17, 15) is 4.79 Å². The Morgan fingerprint density at radius 3 is 2.88 bits per heavy atom. The first-order chi connectivity index (χ1) is 7.68. The van der Waals surface area contributed by atoms with E-state index in [1.165, 1.54) is 25.7 Å². The number of carbonyl (C=O) groups is 1. The Kier molecular flexibility index (Phi) is 3.76. The molecule has 0 unspecified atom stereocenters. The standard InChI is InChI=1S/C11H16BrN3O/c1-15-11(9(12)6-14-15)10(16)7-13-8-4-2-3-5-8/h6,8,13H,2-5,7H2,1H3. The number of nitrogens with zero attached hydrogens (tertiary/aromatic N) is 2. The molecule has 88 valence electrons. The van der Waals surface area contributed by atoms with Crippen molar-refractivity contribution < 1.29 is 4.79 Å². The minimum atomic E-state index is 0.0961. The summed E-state index contributed by atoms with van der Waals surface area (Å²) in [5, 5.41) is 7.35. The van der Waals surface area contributed by atoms with E-state index < -0.39 is 0 Å². The van der Waals surface area contributed by atoms with E-state index in [-0.39, 0.29) is 5.78 Å². The van der Waals surface area contributed by atoms with Gasteiger partial charge in [0.1, 0.15) is 5.69 Å². The topological polar surface area (TPSA) is 46.9 Å². The molecule has 1 aromatic rings. The maximum absolute atomic E-state index is 12.0. The van der Waals surface area contributed by atoms with Crippen molar-refractivity contribution in [2.75, 3.05) is 6.54 Å². The number of aryl methyl sites for hydroxylation is 1. The van der Waals surface area contributed by atoms with E-state index in [2.05, 4.69) is 26.3 Å². The highest BCUT2D eigenvalue weighted by atomic mass is 79.9. The number of hydrogen-bond donors (Lipinski definition) is 1. The molecule has 1 aromatic heterocycles. The van der Waals surface area contributed by atoms with Crippen molar-refractivity contribution >= 4 is 21.7 Å². The van der Waals surface area contributed by atoms with Crippen LogP contribution in [-0.2, 0) is 7.05 Å². The lowest BCUT2D eigenvalue weighted by atomic mass is 10.2. The van der Waals surface area contributed by atoms with Crippen LogP contribution in [-0.4, -0.2) is 28.2 Å². The van der Waals surface area contributed by atoms with Gasteiger partial charge >= 0.3 is 0 Å². The number of Topliss-reactive ketones (excluding diaryl/α,β-unsaturated/α-hetero) is 1. The third-order valence-electron chi connectivity index (χ3n) is 3.06. The molecule has 0 saturated heterocycles. The normalized spacial score (nSPS) is 16.9. The van der Waals surface area contributed by atoms with Crippen LogP contribution in [0.25, 0.3) is 0 Å². The molecular formula is C11H16BrN3O. The zero-order valence-corrected chi connectivity index (χ0v) is 11.0. The van der Waals surface area contributed by atoms with Gasteiger partial charge in [0, 0.05) is 13.1 Å². The summed E-state index contributed by atoms with van der Waals surface area (Å²) in [6, 6.07) is 0.524. The van der Waals surface area contributed by atoms with E-state index in [0.29, 0.717) is 18.3 Å². The van der Waals surface area contributed by atoms with Crippen LogP contribution in [0.2, 0.25) is 0 Å². The summed E-state index contributed by atoms with van der Waals surface area (Å²) in [7, 11) is 1.79. The van der Waals surface area contributed by atoms with Gasteiger partial charge < -0.3 is 5.32 Å². The molecule has 1 saturated carbocycles. The van der Waals surface area contributed by atoms with Gasteiger partial charge in [0.05, 0.1) is 17.2 Å². The van der Waals surface area contributed by atoms with Crippen molar-refractivity contribution in [3.63, 3.8) is 0 Å². The zero-order valence-electron chi connectivity index (χ0n) is 9.37. The van der Waals surface area contributed by atoms with Crippen LogP contribution in [0, 0.1) is 0 Å². The van der Waals surface area contributed by atoms with Crippen LogP contribution in [0.15, 0.2) is 10.7 Å². The molecule has 0 atom stereocenters. The molecule has 16 heavy (non-hydrogen) atoms. The smallest absolute Gasteiger partial charge is 0.195 e. The van der Waals surface area contributed by atoms with Crippen molar-refractivity contribution in [2.45, 2.75) is 31.7 Å². The van der Waals surface area contributed by atoms with Crippen molar-refractivity contribution in [2.24, 2.45) is 7.05 Å². The monoisotopic (exact) mass is 285 g/mol. The van der Waals surface area contributed by atoms with E-state index in [1.54, 1.807) is 17.9 Å². The van der Waals surface area contributed by atoms with E-state index in [1.807, 2.05) is 0 Å². The molecule has 2 rings (SSSR count). The molecule has 0 bridgehead atoms. The SMILES string of the molecule is Cn1ncc(Br)c1C(=O)CNC1CCCC1. The van der Waals surface area contributed by atoms with Crippen LogP contribution >= 0.6 is 15.9 Å². The summed E-state index contributed by atoms with van der Waals surface area (Å²) >= 11 is 3.34. The molecule has 0 aromatic carbocycles. The molecule has 0 spiro atoms. The minimum Gasteiger partial charge on any atom is -0.307 e. The third kappa shape index (κ3) is 2.52. The highest BCUT2D eigenvalue weighted by Gasteiger charge is 2.18. The second-order valence-electron chi connectivity index (χ2n) is 4.25. The first-order valence-corrected chi connectivity index (χ1v) is 6.42. The van der Waals surface area contributed by atoms with Gasteiger partial charge in [-0.2, -0.15) is 5.10 Å². The predicted octanol–water partition coefficient (Wildman–Crippen LogP) is 1.90. The summed E-state index contributed by atoms with van der Waals surface area (Å²) in [6.45, 7) is 0.406. The van der Waals surface area contributed by atoms with Gasteiger partial charge in [0.2, 0.25) is 0 Å². The lowest BCUT2D eigenvalue weighted by Crippen LogP contribution is -2.32. The fourth-order valence-corrected chi connectivity index (χ4v) is 2.74. The van der Waals surface area contributed by atoms with Gasteiger partial charge in [-0.25, -0.2) is 0 Å². The fraction of sp³-hybridized carbons (Fsp3) is 0.636. The van der Waals surface area contributed by atoms with E-state index in [4.69, 9.17) is 0 Å². The summed E-state index contributed by atoms with van der Waals surface area (Å²) < 4.78 is 2.39. The second kappa shape index (κ2) is 5.10. The Balaban J connectivity index is 1.92. The molecule has 0 radical (unpaired) electrons. The number of carbonyl (C=O) groups excluding carboxylic acids is 1. The number of hydrogen-bond acceptors (Lipinski definition) is 3. The largest absolute Gasteiger partial charge is 0.307 e.